The number of aromatic nitrogens is 2. The third-order valence-electron chi connectivity index (χ3n) is 3.80. The van der Waals surface area contributed by atoms with E-state index in [0.29, 0.717) is 39.2 Å². The van der Waals surface area contributed by atoms with Gasteiger partial charge in [0.05, 0.1) is 23.4 Å². The summed E-state index contributed by atoms with van der Waals surface area (Å²) >= 11 is 3.22. The van der Waals surface area contributed by atoms with Crippen molar-refractivity contribution in [2.24, 2.45) is 0 Å². The molecule has 0 aliphatic carbocycles. The van der Waals surface area contributed by atoms with Gasteiger partial charge in [-0.15, -0.1) is 0 Å². The van der Waals surface area contributed by atoms with E-state index in [2.05, 4.69) is 43.1 Å². The molecule has 4 N–H and O–H groups in total. The zero-order valence-corrected chi connectivity index (χ0v) is 16.3. The van der Waals surface area contributed by atoms with Crippen LogP contribution in [0, 0.1) is 5.82 Å². The van der Waals surface area contributed by atoms with Crippen LogP contribution in [0.15, 0.2) is 53.8 Å². The summed E-state index contributed by atoms with van der Waals surface area (Å²) in [5, 5.41) is 6.19. The molecule has 7 nitrogen and oxygen atoms in total. The fourth-order valence-corrected chi connectivity index (χ4v) is 2.78. The Kier molecular flexibility index (Phi) is 6.05. The average molecular weight is 446 g/mol. The fraction of sp³-hybridized carbons (Fsp3) is 0.105. The van der Waals surface area contributed by atoms with Crippen LogP contribution in [0.25, 0.3) is 10.9 Å². The zero-order chi connectivity index (χ0) is 20.1. The summed E-state index contributed by atoms with van der Waals surface area (Å²) in [5.41, 5.74) is 7.30. The Hall–Kier alpha value is -3.20. The van der Waals surface area contributed by atoms with Crippen molar-refractivity contribution in [2.75, 3.05) is 24.2 Å². The first-order valence-corrected chi connectivity index (χ1v) is 9.06. The van der Waals surface area contributed by atoms with Gasteiger partial charge in [0.1, 0.15) is 30.3 Å². The highest BCUT2D eigenvalue weighted by atomic mass is 79.9. The molecule has 0 saturated carbocycles. The van der Waals surface area contributed by atoms with E-state index in [1.807, 2.05) is 0 Å². The minimum Gasteiger partial charge on any atom is -0.490 e. The van der Waals surface area contributed by atoms with Gasteiger partial charge >= 0.3 is 0 Å². The number of anilines is 3. The number of benzene rings is 2. The van der Waals surface area contributed by atoms with Crippen LogP contribution in [0.4, 0.5) is 21.6 Å². The van der Waals surface area contributed by atoms with E-state index >= 15 is 0 Å². The van der Waals surface area contributed by atoms with Gasteiger partial charge in [-0.05, 0) is 30.3 Å². The van der Waals surface area contributed by atoms with Gasteiger partial charge in [0.2, 0.25) is 5.91 Å². The number of carbonyl (C=O) groups is 1. The first-order valence-electron chi connectivity index (χ1n) is 8.27. The molecule has 1 heterocycles. The lowest BCUT2D eigenvalue weighted by atomic mass is 10.2. The summed E-state index contributed by atoms with van der Waals surface area (Å²) in [6.45, 7) is 3.91. The van der Waals surface area contributed by atoms with Gasteiger partial charge in [-0.1, -0.05) is 22.5 Å². The Morgan fingerprint density at radius 2 is 2.14 bits per heavy atom. The summed E-state index contributed by atoms with van der Waals surface area (Å²) < 4.78 is 20.4. The van der Waals surface area contributed by atoms with Crippen LogP contribution in [0.5, 0.6) is 5.75 Å². The van der Waals surface area contributed by atoms with Crippen molar-refractivity contribution < 1.29 is 13.9 Å². The number of nitrogens with zero attached hydrogens (tertiary/aromatic N) is 2. The van der Waals surface area contributed by atoms with E-state index in [-0.39, 0.29) is 18.2 Å². The van der Waals surface area contributed by atoms with Crippen LogP contribution < -0.4 is 21.1 Å². The Bertz CT molecular complexity index is 1040. The number of amides is 1. The van der Waals surface area contributed by atoms with Crippen LogP contribution in [0.1, 0.15) is 0 Å². The first kappa shape index (κ1) is 19.6. The number of fused-ring (bicyclic) bond motifs is 1. The normalized spacial score (nSPS) is 10.5. The molecule has 0 saturated heterocycles. The van der Waals surface area contributed by atoms with Crippen molar-refractivity contribution in [3.8, 4) is 5.75 Å². The number of hydrogen-bond donors (Lipinski definition) is 3. The minimum absolute atomic E-state index is 0.232. The highest BCUT2D eigenvalue weighted by Crippen LogP contribution is 2.32. The monoisotopic (exact) mass is 445 g/mol. The summed E-state index contributed by atoms with van der Waals surface area (Å²) in [5.74, 6) is 0.150. The summed E-state index contributed by atoms with van der Waals surface area (Å²) in [6.07, 6.45) is 2.55. The Morgan fingerprint density at radius 1 is 1.32 bits per heavy atom. The van der Waals surface area contributed by atoms with E-state index < -0.39 is 5.82 Å². The SMILES string of the molecule is C=CC(=O)NCCOc1cc2ncnc(Nc3ccc(Br)cc3F)c2cc1N. The zero-order valence-electron chi connectivity index (χ0n) is 14.7. The molecule has 0 aliphatic heterocycles. The maximum atomic E-state index is 14.1. The maximum absolute atomic E-state index is 14.1. The number of carbonyl (C=O) groups excluding carboxylic acids is 1. The lowest BCUT2D eigenvalue weighted by molar-refractivity contribution is -0.116. The highest BCUT2D eigenvalue weighted by molar-refractivity contribution is 9.10. The van der Waals surface area contributed by atoms with Crippen LogP contribution in [0.2, 0.25) is 0 Å². The molecule has 9 heteroatoms. The van der Waals surface area contributed by atoms with E-state index in [4.69, 9.17) is 10.5 Å². The van der Waals surface area contributed by atoms with Gasteiger partial charge in [-0.25, -0.2) is 14.4 Å². The standard InChI is InChI=1S/C19H17BrFN5O2/c1-2-18(27)23-5-6-28-17-9-16-12(8-14(17)22)19(25-10-24-16)26-15-4-3-11(20)7-13(15)21/h2-4,7-10H,1,5-6,22H2,(H,23,27)(H,24,25,26). The second kappa shape index (κ2) is 8.66. The van der Waals surface area contributed by atoms with Crippen LogP contribution in [-0.4, -0.2) is 29.0 Å². The Morgan fingerprint density at radius 3 is 2.89 bits per heavy atom. The predicted molar refractivity (Wildman–Crippen MR) is 110 cm³/mol. The molecule has 0 unspecified atom stereocenters. The van der Waals surface area contributed by atoms with Crippen molar-refractivity contribution >= 4 is 49.9 Å². The molecule has 0 atom stereocenters. The number of ether oxygens (including phenoxy) is 1. The molecule has 0 spiro atoms. The highest BCUT2D eigenvalue weighted by Gasteiger charge is 2.11. The molecule has 1 amide bonds. The van der Waals surface area contributed by atoms with Crippen molar-refractivity contribution in [3.05, 3.63) is 59.6 Å². The lowest BCUT2D eigenvalue weighted by Crippen LogP contribution is -2.26. The lowest BCUT2D eigenvalue weighted by Gasteiger charge is -2.13. The molecule has 3 rings (SSSR count). The number of hydrogen-bond acceptors (Lipinski definition) is 6. The average Bonchev–Trinajstić information content (AvgIpc) is 2.67. The second-order valence-corrected chi connectivity index (χ2v) is 6.64. The summed E-state index contributed by atoms with van der Waals surface area (Å²) in [4.78, 5) is 19.5. The molecule has 0 fully saturated rings. The Labute approximate surface area is 168 Å². The Balaban J connectivity index is 1.81. The molecule has 0 bridgehead atoms. The van der Waals surface area contributed by atoms with Gasteiger partial charge in [-0.2, -0.15) is 0 Å². The van der Waals surface area contributed by atoms with E-state index in [0.717, 1.165) is 0 Å². The first-order chi connectivity index (χ1) is 13.5. The van der Waals surface area contributed by atoms with E-state index in [1.165, 1.54) is 18.5 Å². The van der Waals surface area contributed by atoms with Gasteiger partial charge in [0.25, 0.3) is 0 Å². The summed E-state index contributed by atoms with van der Waals surface area (Å²) in [7, 11) is 0. The van der Waals surface area contributed by atoms with Gasteiger partial charge in [0.15, 0.2) is 0 Å². The van der Waals surface area contributed by atoms with Gasteiger partial charge < -0.3 is 21.1 Å². The molecule has 28 heavy (non-hydrogen) atoms. The number of nitrogens with two attached hydrogens (primary N) is 1. The second-order valence-electron chi connectivity index (χ2n) is 5.72. The summed E-state index contributed by atoms with van der Waals surface area (Å²) in [6, 6.07) is 8.01. The van der Waals surface area contributed by atoms with Crippen LogP contribution >= 0.6 is 15.9 Å². The van der Waals surface area contributed by atoms with E-state index in [1.54, 1.807) is 24.3 Å². The van der Waals surface area contributed by atoms with Crippen molar-refractivity contribution in [2.45, 2.75) is 0 Å². The number of rotatable bonds is 7. The third-order valence-corrected chi connectivity index (χ3v) is 4.29. The topological polar surface area (TPSA) is 102 Å². The number of nitrogen functional groups attached to an aromatic ring is 1. The van der Waals surface area contributed by atoms with Crippen molar-refractivity contribution in [1.29, 1.82) is 0 Å². The molecule has 1 aromatic heterocycles. The largest absolute Gasteiger partial charge is 0.490 e. The van der Waals surface area contributed by atoms with Crippen LogP contribution in [-0.2, 0) is 4.79 Å². The molecule has 0 radical (unpaired) electrons. The fourth-order valence-electron chi connectivity index (χ4n) is 2.45. The van der Waals surface area contributed by atoms with E-state index in [9.17, 15) is 9.18 Å². The molecular formula is C19H17BrFN5O2. The number of nitrogens with one attached hydrogen (secondary N) is 2. The van der Waals surface area contributed by atoms with Crippen molar-refractivity contribution in [3.63, 3.8) is 0 Å². The molecule has 0 aliphatic rings. The number of halogens is 2. The molecule has 3 aromatic rings. The maximum Gasteiger partial charge on any atom is 0.243 e. The molecule has 2 aromatic carbocycles. The quantitative estimate of drug-likeness (QED) is 0.292. The third kappa shape index (κ3) is 4.55. The molecular weight excluding hydrogens is 429 g/mol. The van der Waals surface area contributed by atoms with Gasteiger partial charge in [0, 0.05) is 15.9 Å². The smallest absolute Gasteiger partial charge is 0.243 e. The van der Waals surface area contributed by atoms with Crippen molar-refractivity contribution in [1.82, 2.24) is 15.3 Å². The van der Waals surface area contributed by atoms with Gasteiger partial charge in [-0.3, -0.25) is 4.79 Å². The van der Waals surface area contributed by atoms with Crippen LogP contribution in [0.3, 0.4) is 0 Å². The molecule has 144 valence electrons. The minimum atomic E-state index is -0.421. The predicted octanol–water partition coefficient (Wildman–Crippen LogP) is 3.54.